The van der Waals surface area contributed by atoms with E-state index in [-0.39, 0.29) is 11.7 Å². The van der Waals surface area contributed by atoms with Crippen LogP contribution in [-0.4, -0.2) is 5.91 Å². The van der Waals surface area contributed by atoms with Gasteiger partial charge in [-0.3, -0.25) is 4.79 Å². The Kier molecular flexibility index (Phi) is 4.01. The number of halogens is 1. The van der Waals surface area contributed by atoms with E-state index in [1.807, 2.05) is 36.4 Å². The lowest BCUT2D eigenvalue weighted by Crippen LogP contribution is -2.29. The minimum atomic E-state index is -0.395. The summed E-state index contributed by atoms with van der Waals surface area (Å²) >= 11 is 0. The number of rotatable bonds is 4. The van der Waals surface area contributed by atoms with Crippen molar-refractivity contribution in [1.82, 2.24) is 5.32 Å². The standard InChI is InChI=1S/C18H14FNO2/c19-15-10-8-14(9-11-15)18(21)20-17(16-7-4-12-22-16)13-5-2-1-3-6-13/h1-12,17H,(H,20,21). The van der Waals surface area contributed by atoms with Crippen molar-refractivity contribution < 1.29 is 13.6 Å². The van der Waals surface area contributed by atoms with Crippen molar-refractivity contribution in [1.29, 1.82) is 0 Å². The molecular weight excluding hydrogens is 281 g/mol. The summed E-state index contributed by atoms with van der Waals surface area (Å²) in [7, 11) is 0. The van der Waals surface area contributed by atoms with E-state index >= 15 is 0 Å². The molecule has 1 unspecified atom stereocenters. The Bertz CT molecular complexity index is 737. The third kappa shape index (κ3) is 3.06. The molecule has 1 heterocycles. The first-order chi connectivity index (χ1) is 10.7. The minimum absolute atomic E-state index is 0.287. The molecule has 0 spiro atoms. The van der Waals surface area contributed by atoms with Crippen LogP contribution in [0.5, 0.6) is 0 Å². The average Bonchev–Trinajstić information content (AvgIpc) is 3.08. The topological polar surface area (TPSA) is 42.2 Å². The van der Waals surface area contributed by atoms with Gasteiger partial charge in [0.25, 0.3) is 5.91 Å². The lowest BCUT2D eigenvalue weighted by molar-refractivity contribution is 0.0939. The predicted molar refractivity (Wildman–Crippen MR) is 80.9 cm³/mol. The van der Waals surface area contributed by atoms with E-state index in [1.165, 1.54) is 24.3 Å². The van der Waals surface area contributed by atoms with Crippen molar-refractivity contribution in [2.45, 2.75) is 6.04 Å². The molecule has 0 aliphatic rings. The van der Waals surface area contributed by atoms with E-state index in [0.717, 1.165) is 5.56 Å². The van der Waals surface area contributed by atoms with Crippen LogP contribution in [-0.2, 0) is 0 Å². The first kappa shape index (κ1) is 14.1. The Morgan fingerprint density at radius 3 is 2.32 bits per heavy atom. The molecule has 1 atom stereocenters. The van der Waals surface area contributed by atoms with Gasteiger partial charge in [-0.1, -0.05) is 30.3 Å². The van der Waals surface area contributed by atoms with E-state index < -0.39 is 6.04 Å². The van der Waals surface area contributed by atoms with Crippen LogP contribution in [0, 0.1) is 5.82 Å². The summed E-state index contributed by atoms with van der Waals surface area (Å²) in [5.41, 5.74) is 1.31. The smallest absolute Gasteiger partial charge is 0.252 e. The van der Waals surface area contributed by atoms with Crippen molar-refractivity contribution >= 4 is 5.91 Å². The Morgan fingerprint density at radius 2 is 1.68 bits per heavy atom. The highest BCUT2D eigenvalue weighted by Gasteiger charge is 2.19. The SMILES string of the molecule is O=C(NC(c1ccccc1)c1ccco1)c1ccc(F)cc1. The molecule has 3 aromatic rings. The van der Waals surface area contributed by atoms with Crippen LogP contribution in [0.15, 0.2) is 77.4 Å². The number of furan rings is 1. The van der Waals surface area contributed by atoms with Gasteiger partial charge >= 0.3 is 0 Å². The molecule has 0 aliphatic heterocycles. The molecule has 0 saturated heterocycles. The second-order valence-corrected chi connectivity index (χ2v) is 4.84. The van der Waals surface area contributed by atoms with Crippen LogP contribution >= 0.6 is 0 Å². The first-order valence-corrected chi connectivity index (χ1v) is 6.89. The molecule has 1 aromatic heterocycles. The Balaban J connectivity index is 1.87. The largest absolute Gasteiger partial charge is 0.467 e. The Labute approximate surface area is 127 Å². The van der Waals surface area contributed by atoms with Gasteiger partial charge in [-0.25, -0.2) is 4.39 Å². The van der Waals surface area contributed by atoms with Gasteiger partial charge < -0.3 is 9.73 Å². The zero-order valence-corrected chi connectivity index (χ0v) is 11.7. The number of nitrogens with one attached hydrogen (secondary N) is 1. The van der Waals surface area contributed by atoms with Crippen LogP contribution in [0.4, 0.5) is 4.39 Å². The van der Waals surface area contributed by atoms with Gasteiger partial charge in [0, 0.05) is 5.56 Å². The zero-order valence-electron chi connectivity index (χ0n) is 11.7. The summed E-state index contributed by atoms with van der Waals surface area (Å²) < 4.78 is 18.4. The summed E-state index contributed by atoms with van der Waals surface area (Å²) in [5.74, 6) is -0.0193. The third-order valence-corrected chi connectivity index (χ3v) is 3.34. The predicted octanol–water partition coefficient (Wildman–Crippen LogP) is 3.94. The summed E-state index contributed by atoms with van der Waals surface area (Å²) in [5, 5.41) is 2.92. The highest BCUT2D eigenvalue weighted by atomic mass is 19.1. The fourth-order valence-electron chi connectivity index (χ4n) is 2.24. The maximum Gasteiger partial charge on any atom is 0.252 e. The molecule has 3 rings (SSSR count). The van der Waals surface area contributed by atoms with Crippen molar-refractivity contribution in [2.24, 2.45) is 0 Å². The highest BCUT2D eigenvalue weighted by Crippen LogP contribution is 2.22. The van der Waals surface area contributed by atoms with Gasteiger partial charge in [0.15, 0.2) is 0 Å². The third-order valence-electron chi connectivity index (χ3n) is 3.34. The van der Waals surface area contributed by atoms with Gasteiger partial charge in [-0.2, -0.15) is 0 Å². The second-order valence-electron chi connectivity index (χ2n) is 4.84. The van der Waals surface area contributed by atoms with Gasteiger partial charge in [-0.15, -0.1) is 0 Å². The van der Waals surface area contributed by atoms with E-state index in [2.05, 4.69) is 5.32 Å². The van der Waals surface area contributed by atoms with Gasteiger partial charge in [-0.05, 0) is 42.0 Å². The van der Waals surface area contributed by atoms with Crippen LogP contribution in [0.3, 0.4) is 0 Å². The van der Waals surface area contributed by atoms with Gasteiger partial charge in [0.1, 0.15) is 17.6 Å². The summed E-state index contributed by atoms with van der Waals surface area (Å²) in [6.45, 7) is 0. The molecular formula is C18H14FNO2. The molecule has 0 bridgehead atoms. The zero-order chi connectivity index (χ0) is 15.4. The lowest BCUT2D eigenvalue weighted by atomic mass is 10.0. The van der Waals surface area contributed by atoms with Crippen LogP contribution in [0.1, 0.15) is 27.7 Å². The Hall–Kier alpha value is -2.88. The number of carbonyl (C=O) groups is 1. The van der Waals surface area contributed by atoms with Crippen LogP contribution < -0.4 is 5.32 Å². The van der Waals surface area contributed by atoms with E-state index in [0.29, 0.717) is 11.3 Å². The molecule has 0 fully saturated rings. The summed E-state index contributed by atoms with van der Waals surface area (Å²) in [4.78, 5) is 12.4. The maximum absolute atomic E-state index is 13.0. The molecule has 0 aliphatic carbocycles. The molecule has 2 aromatic carbocycles. The van der Waals surface area contributed by atoms with Crippen LogP contribution in [0.25, 0.3) is 0 Å². The Morgan fingerprint density at radius 1 is 0.955 bits per heavy atom. The van der Waals surface area contributed by atoms with Crippen molar-refractivity contribution in [3.63, 3.8) is 0 Å². The second kappa shape index (κ2) is 6.26. The van der Waals surface area contributed by atoms with E-state index in [1.54, 1.807) is 12.3 Å². The number of hydrogen-bond donors (Lipinski definition) is 1. The fraction of sp³-hybridized carbons (Fsp3) is 0.0556. The minimum Gasteiger partial charge on any atom is -0.467 e. The monoisotopic (exact) mass is 295 g/mol. The molecule has 1 N–H and O–H groups in total. The maximum atomic E-state index is 13.0. The molecule has 4 heteroatoms. The number of amides is 1. The quantitative estimate of drug-likeness (QED) is 0.792. The molecule has 110 valence electrons. The summed E-state index contributed by atoms with van der Waals surface area (Å²) in [6, 6.07) is 18.2. The molecule has 1 amide bonds. The van der Waals surface area contributed by atoms with E-state index in [9.17, 15) is 9.18 Å². The summed E-state index contributed by atoms with van der Waals surface area (Å²) in [6.07, 6.45) is 1.56. The van der Waals surface area contributed by atoms with E-state index in [4.69, 9.17) is 4.42 Å². The number of benzene rings is 2. The van der Waals surface area contributed by atoms with Gasteiger partial charge in [0.2, 0.25) is 0 Å². The van der Waals surface area contributed by atoms with Crippen LogP contribution in [0.2, 0.25) is 0 Å². The fourth-order valence-corrected chi connectivity index (χ4v) is 2.24. The first-order valence-electron chi connectivity index (χ1n) is 6.89. The van der Waals surface area contributed by atoms with Crippen molar-refractivity contribution in [3.8, 4) is 0 Å². The number of carbonyl (C=O) groups excluding carboxylic acids is 1. The van der Waals surface area contributed by atoms with Gasteiger partial charge in [0.05, 0.1) is 6.26 Å². The number of hydrogen-bond acceptors (Lipinski definition) is 2. The van der Waals surface area contributed by atoms with Crippen molar-refractivity contribution in [2.75, 3.05) is 0 Å². The van der Waals surface area contributed by atoms with Crippen molar-refractivity contribution in [3.05, 3.63) is 95.7 Å². The highest BCUT2D eigenvalue weighted by molar-refractivity contribution is 5.94. The average molecular weight is 295 g/mol. The molecule has 3 nitrogen and oxygen atoms in total. The lowest BCUT2D eigenvalue weighted by Gasteiger charge is -2.17. The normalized spacial score (nSPS) is 11.9. The molecule has 0 saturated carbocycles. The molecule has 22 heavy (non-hydrogen) atoms. The molecule has 0 radical (unpaired) electrons.